The second kappa shape index (κ2) is 7.98. The van der Waals surface area contributed by atoms with Gasteiger partial charge in [-0.05, 0) is 49.6 Å². The van der Waals surface area contributed by atoms with Gasteiger partial charge in [-0.15, -0.1) is 0 Å². The monoisotopic (exact) mass is 287 g/mol. The molecule has 1 fully saturated rings. The van der Waals surface area contributed by atoms with Crippen molar-refractivity contribution in [1.29, 1.82) is 0 Å². The summed E-state index contributed by atoms with van der Waals surface area (Å²) in [5, 5.41) is 3.73. The summed E-state index contributed by atoms with van der Waals surface area (Å²) in [6.45, 7) is 8.24. The SMILES string of the molecule is CC(CC(C)(C)c1ccccc1)NCCCC1CCCC1. The Kier molecular flexibility index (Phi) is 6.29. The summed E-state index contributed by atoms with van der Waals surface area (Å²) in [7, 11) is 0. The molecule has 1 saturated carbocycles. The molecule has 1 aromatic rings. The standard InChI is InChI=1S/C20H33N/c1-17(21-15-9-12-18-10-7-8-11-18)16-20(2,3)19-13-5-4-6-14-19/h4-6,13-14,17-18,21H,7-12,15-16H2,1-3H3. The van der Waals surface area contributed by atoms with E-state index in [9.17, 15) is 0 Å². The van der Waals surface area contributed by atoms with Gasteiger partial charge in [0.05, 0.1) is 0 Å². The maximum atomic E-state index is 3.73. The van der Waals surface area contributed by atoms with Crippen LogP contribution >= 0.6 is 0 Å². The van der Waals surface area contributed by atoms with E-state index in [0.717, 1.165) is 5.92 Å². The predicted molar refractivity (Wildman–Crippen MR) is 92.7 cm³/mol. The van der Waals surface area contributed by atoms with Crippen LogP contribution in [0.4, 0.5) is 0 Å². The van der Waals surface area contributed by atoms with Crippen LogP contribution < -0.4 is 5.32 Å². The zero-order valence-electron chi connectivity index (χ0n) is 14.2. The molecular weight excluding hydrogens is 254 g/mol. The Bertz CT molecular complexity index is 390. The van der Waals surface area contributed by atoms with Crippen molar-refractivity contribution in [1.82, 2.24) is 5.32 Å². The maximum Gasteiger partial charge on any atom is 0.00470 e. The van der Waals surface area contributed by atoms with E-state index in [2.05, 4.69) is 56.4 Å². The fraction of sp³-hybridized carbons (Fsp3) is 0.700. The number of nitrogens with one attached hydrogen (secondary N) is 1. The molecular formula is C20H33N. The topological polar surface area (TPSA) is 12.0 Å². The third kappa shape index (κ3) is 5.47. The highest BCUT2D eigenvalue weighted by molar-refractivity contribution is 5.23. The Balaban J connectivity index is 1.67. The largest absolute Gasteiger partial charge is 0.314 e. The second-order valence-corrected chi connectivity index (χ2v) is 7.60. The van der Waals surface area contributed by atoms with Gasteiger partial charge in [0.15, 0.2) is 0 Å². The van der Waals surface area contributed by atoms with E-state index in [-0.39, 0.29) is 5.41 Å². The van der Waals surface area contributed by atoms with E-state index in [0.29, 0.717) is 6.04 Å². The van der Waals surface area contributed by atoms with E-state index in [1.54, 1.807) is 0 Å². The van der Waals surface area contributed by atoms with E-state index >= 15 is 0 Å². The molecule has 0 amide bonds. The molecule has 1 aliphatic carbocycles. The molecule has 1 unspecified atom stereocenters. The van der Waals surface area contributed by atoms with E-state index in [4.69, 9.17) is 0 Å². The molecule has 1 heteroatoms. The van der Waals surface area contributed by atoms with E-state index in [1.165, 1.54) is 57.1 Å². The van der Waals surface area contributed by atoms with Crippen molar-refractivity contribution in [3.63, 3.8) is 0 Å². The molecule has 1 nitrogen and oxygen atoms in total. The fourth-order valence-electron chi connectivity index (χ4n) is 3.88. The lowest BCUT2D eigenvalue weighted by Crippen LogP contribution is -2.34. The zero-order valence-corrected chi connectivity index (χ0v) is 14.2. The average Bonchev–Trinajstić information content (AvgIpc) is 2.97. The van der Waals surface area contributed by atoms with Gasteiger partial charge in [-0.3, -0.25) is 0 Å². The minimum absolute atomic E-state index is 0.249. The summed E-state index contributed by atoms with van der Waals surface area (Å²) in [6.07, 6.45) is 9.88. The van der Waals surface area contributed by atoms with Crippen molar-refractivity contribution in [2.24, 2.45) is 5.92 Å². The lowest BCUT2D eigenvalue weighted by molar-refractivity contribution is 0.378. The molecule has 1 aromatic carbocycles. The summed E-state index contributed by atoms with van der Waals surface area (Å²) < 4.78 is 0. The van der Waals surface area contributed by atoms with E-state index < -0.39 is 0 Å². The second-order valence-electron chi connectivity index (χ2n) is 7.60. The van der Waals surface area contributed by atoms with Gasteiger partial charge < -0.3 is 5.32 Å². The minimum Gasteiger partial charge on any atom is -0.314 e. The molecule has 0 spiro atoms. The van der Waals surface area contributed by atoms with Crippen LogP contribution in [0.1, 0.15) is 71.3 Å². The summed E-state index contributed by atoms with van der Waals surface area (Å²) >= 11 is 0. The zero-order chi connectivity index (χ0) is 15.1. The van der Waals surface area contributed by atoms with Crippen molar-refractivity contribution in [3.8, 4) is 0 Å². The highest BCUT2D eigenvalue weighted by Gasteiger charge is 2.23. The average molecular weight is 287 g/mol. The van der Waals surface area contributed by atoms with Crippen LogP contribution in [-0.2, 0) is 5.41 Å². The third-order valence-electron chi connectivity index (χ3n) is 5.13. The molecule has 2 rings (SSSR count). The quantitative estimate of drug-likeness (QED) is 0.639. The van der Waals surface area contributed by atoms with Gasteiger partial charge >= 0.3 is 0 Å². The van der Waals surface area contributed by atoms with Gasteiger partial charge in [0, 0.05) is 6.04 Å². The van der Waals surface area contributed by atoms with Gasteiger partial charge in [-0.1, -0.05) is 69.9 Å². The van der Waals surface area contributed by atoms with Crippen molar-refractivity contribution >= 4 is 0 Å². The van der Waals surface area contributed by atoms with Gasteiger partial charge in [-0.2, -0.15) is 0 Å². The summed E-state index contributed by atoms with van der Waals surface area (Å²) in [4.78, 5) is 0. The smallest absolute Gasteiger partial charge is 0.00470 e. The minimum atomic E-state index is 0.249. The number of hydrogen-bond donors (Lipinski definition) is 1. The first-order valence-corrected chi connectivity index (χ1v) is 8.87. The van der Waals surface area contributed by atoms with Crippen molar-refractivity contribution < 1.29 is 0 Å². The van der Waals surface area contributed by atoms with E-state index in [1.807, 2.05) is 0 Å². The number of benzene rings is 1. The molecule has 1 N–H and O–H groups in total. The van der Waals surface area contributed by atoms with Crippen LogP contribution in [0.3, 0.4) is 0 Å². The Morgan fingerprint density at radius 3 is 2.48 bits per heavy atom. The van der Waals surface area contributed by atoms with Crippen LogP contribution in [0.15, 0.2) is 30.3 Å². The first-order chi connectivity index (χ1) is 10.1. The number of hydrogen-bond acceptors (Lipinski definition) is 1. The lowest BCUT2D eigenvalue weighted by Gasteiger charge is -2.29. The molecule has 1 aliphatic rings. The highest BCUT2D eigenvalue weighted by Crippen LogP contribution is 2.29. The van der Waals surface area contributed by atoms with Crippen molar-refractivity contribution in [3.05, 3.63) is 35.9 Å². The molecule has 0 aromatic heterocycles. The van der Waals surface area contributed by atoms with Crippen molar-refractivity contribution in [2.75, 3.05) is 6.54 Å². The molecule has 1 atom stereocenters. The normalized spacial score (nSPS) is 18.0. The molecule has 0 heterocycles. The van der Waals surface area contributed by atoms with Crippen molar-refractivity contribution in [2.45, 2.75) is 77.2 Å². The number of rotatable bonds is 8. The Labute approximate surface area is 131 Å². The predicted octanol–water partition coefficient (Wildman–Crippen LogP) is 5.30. The fourth-order valence-corrected chi connectivity index (χ4v) is 3.88. The summed E-state index contributed by atoms with van der Waals surface area (Å²) in [5.74, 6) is 1.03. The van der Waals surface area contributed by atoms with Gasteiger partial charge in [0.25, 0.3) is 0 Å². The molecule has 0 saturated heterocycles. The van der Waals surface area contributed by atoms with Gasteiger partial charge in [0.2, 0.25) is 0 Å². The highest BCUT2D eigenvalue weighted by atomic mass is 14.9. The Hall–Kier alpha value is -0.820. The van der Waals surface area contributed by atoms with Gasteiger partial charge in [-0.25, -0.2) is 0 Å². The Morgan fingerprint density at radius 1 is 1.14 bits per heavy atom. The van der Waals surface area contributed by atoms with Crippen LogP contribution in [0, 0.1) is 5.92 Å². The third-order valence-corrected chi connectivity index (χ3v) is 5.13. The Morgan fingerprint density at radius 2 is 1.81 bits per heavy atom. The molecule has 0 bridgehead atoms. The maximum absolute atomic E-state index is 3.73. The molecule has 0 radical (unpaired) electrons. The van der Waals surface area contributed by atoms with Gasteiger partial charge in [0.1, 0.15) is 0 Å². The summed E-state index contributed by atoms with van der Waals surface area (Å²) in [6, 6.07) is 11.5. The molecule has 0 aliphatic heterocycles. The van der Waals surface area contributed by atoms with Crippen LogP contribution in [0.25, 0.3) is 0 Å². The summed E-state index contributed by atoms with van der Waals surface area (Å²) in [5.41, 5.74) is 1.70. The van der Waals surface area contributed by atoms with Crippen LogP contribution in [-0.4, -0.2) is 12.6 Å². The van der Waals surface area contributed by atoms with Crippen LogP contribution in [0.2, 0.25) is 0 Å². The molecule has 118 valence electrons. The lowest BCUT2D eigenvalue weighted by atomic mass is 9.79. The first-order valence-electron chi connectivity index (χ1n) is 8.87. The first kappa shape index (κ1) is 16.5. The molecule has 21 heavy (non-hydrogen) atoms. The van der Waals surface area contributed by atoms with Crippen LogP contribution in [0.5, 0.6) is 0 Å².